The lowest BCUT2D eigenvalue weighted by molar-refractivity contribution is -0.215. The topological polar surface area (TPSA) is 257 Å². The van der Waals surface area contributed by atoms with Gasteiger partial charge in [0, 0.05) is 38.0 Å². The summed E-state index contributed by atoms with van der Waals surface area (Å²) in [4.78, 5) is 103. The van der Waals surface area contributed by atoms with Crippen LogP contribution in [0.2, 0.25) is 0 Å². The van der Waals surface area contributed by atoms with Crippen LogP contribution in [0.3, 0.4) is 0 Å². The van der Waals surface area contributed by atoms with Gasteiger partial charge in [-0.3, -0.25) is 38.4 Å². The lowest BCUT2D eigenvalue weighted by Crippen LogP contribution is -2.43. The highest BCUT2D eigenvalue weighted by molar-refractivity contribution is 5.83. The number of esters is 9. The molecular formula is C55H90O19. The van der Waals surface area contributed by atoms with E-state index in [4.69, 9.17) is 47.7 Å². The molecule has 2 saturated carbocycles. The largest absolute Gasteiger partial charge is 0.465 e. The fourth-order valence-corrected chi connectivity index (χ4v) is 7.63. The number of carbonyl (C=O) groups excluding carboxylic acids is 9. The lowest BCUT2D eigenvalue weighted by Gasteiger charge is -2.35. The predicted molar refractivity (Wildman–Crippen MR) is 268 cm³/mol. The van der Waals surface area contributed by atoms with Crippen LogP contribution in [0.25, 0.3) is 0 Å². The second-order valence-electron chi connectivity index (χ2n) is 23.7. The van der Waals surface area contributed by atoms with Crippen LogP contribution in [0.5, 0.6) is 0 Å². The molecule has 74 heavy (non-hydrogen) atoms. The summed E-state index contributed by atoms with van der Waals surface area (Å²) in [6.45, 7) is 32.1. The van der Waals surface area contributed by atoms with Gasteiger partial charge in [-0.2, -0.15) is 0 Å². The van der Waals surface area contributed by atoms with Gasteiger partial charge in [-0.1, -0.05) is 34.6 Å². The maximum atomic E-state index is 12.1. The molecule has 0 aromatic rings. The molecule has 6 rings (SSSR count). The summed E-state index contributed by atoms with van der Waals surface area (Å²) in [5.74, 6) is -2.76. The van der Waals surface area contributed by atoms with E-state index in [0.29, 0.717) is 70.0 Å². The molecule has 19 nitrogen and oxygen atoms in total. The fraction of sp³-hybridized carbons (Fsp3) is 0.836. The molecule has 19 heteroatoms. The Bertz CT molecular complexity index is 1980. The molecule has 0 aromatic carbocycles. The van der Waals surface area contributed by atoms with Gasteiger partial charge in [0.25, 0.3) is 5.79 Å². The van der Waals surface area contributed by atoms with Gasteiger partial charge in [-0.25, -0.2) is 4.79 Å². The van der Waals surface area contributed by atoms with Crippen LogP contribution in [0.1, 0.15) is 195 Å². The van der Waals surface area contributed by atoms with E-state index in [1.807, 2.05) is 90.0 Å². The zero-order valence-electron chi connectivity index (χ0n) is 47.6. The van der Waals surface area contributed by atoms with Crippen molar-refractivity contribution in [3.63, 3.8) is 0 Å². The van der Waals surface area contributed by atoms with E-state index in [-0.39, 0.29) is 85.5 Å². The van der Waals surface area contributed by atoms with E-state index >= 15 is 0 Å². The smallest absolute Gasteiger partial charge is 0.347 e. The number of aliphatic hydroxyl groups excluding tert-OH is 1. The zero-order valence-corrected chi connectivity index (χ0v) is 47.6. The quantitative estimate of drug-likeness (QED) is 0.113. The average Bonchev–Trinajstić information content (AvgIpc) is 4.15. The van der Waals surface area contributed by atoms with Gasteiger partial charge in [0.1, 0.15) is 24.4 Å². The fourth-order valence-electron chi connectivity index (χ4n) is 7.63. The minimum absolute atomic E-state index is 0.0779. The van der Waals surface area contributed by atoms with Crippen molar-refractivity contribution in [2.75, 3.05) is 26.4 Å². The molecule has 0 amide bonds. The molecule has 424 valence electrons. The molecule has 8 unspecified atom stereocenters. The van der Waals surface area contributed by atoms with Gasteiger partial charge in [-0.05, 0) is 121 Å². The summed E-state index contributed by atoms with van der Waals surface area (Å²) in [5.41, 5.74) is -3.12. The van der Waals surface area contributed by atoms with E-state index in [2.05, 4.69) is 0 Å². The van der Waals surface area contributed by atoms with Crippen LogP contribution in [0, 0.1) is 44.8 Å². The normalized spacial score (nSPS) is 26.8. The number of aliphatic hydroxyl groups is 1. The highest BCUT2D eigenvalue weighted by Crippen LogP contribution is 2.55. The van der Waals surface area contributed by atoms with Gasteiger partial charge in [0.2, 0.25) is 6.10 Å². The van der Waals surface area contributed by atoms with Crippen molar-refractivity contribution in [2.24, 2.45) is 44.8 Å². The molecule has 2 bridgehead atoms. The van der Waals surface area contributed by atoms with Crippen LogP contribution in [0.4, 0.5) is 0 Å². The van der Waals surface area contributed by atoms with Crippen molar-refractivity contribution in [1.29, 1.82) is 0 Å². The molecule has 4 heterocycles. The minimum atomic E-state index is -1.05. The molecule has 4 saturated heterocycles. The first-order valence-electron chi connectivity index (χ1n) is 26.4. The molecule has 0 spiro atoms. The second-order valence-corrected chi connectivity index (χ2v) is 23.7. The molecule has 0 aromatic heterocycles. The minimum Gasteiger partial charge on any atom is -0.465 e. The van der Waals surface area contributed by atoms with E-state index in [1.54, 1.807) is 27.7 Å². The van der Waals surface area contributed by atoms with E-state index in [0.717, 1.165) is 25.7 Å². The Morgan fingerprint density at radius 3 is 1.57 bits per heavy atom. The van der Waals surface area contributed by atoms with Gasteiger partial charge < -0.3 is 47.7 Å². The number of fused-ring (bicyclic) bond motifs is 1. The Hall–Kier alpha value is -4.81. The Morgan fingerprint density at radius 1 is 0.608 bits per heavy atom. The molecule has 1 N–H and O–H groups in total. The van der Waals surface area contributed by atoms with Crippen molar-refractivity contribution in [3.05, 3.63) is 0 Å². The maximum absolute atomic E-state index is 12.1. The van der Waals surface area contributed by atoms with Crippen molar-refractivity contribution in [1.82, 2.24) is 0 Å². The van der Waals surface area contributed by atoms with Crippen molar-refractivity contribution < 1.29 is 90.9 Å². The summed E-state index contributed by atoms with van der Waals surface area (Å²) in [7, 11) is 0. The Kier molecular flexibility index (Phi) is 23.6. The Labute approximate surface area is 439 Å². The van der Waals surface area contributed by atoms with Crippen molar-refractivity contribution in [3.8, 4) is 0 Å². The van der Waals surface area contributed by atoms with E-state index in [1.165, 1.54) is 0 Å². The van der Waals surface area contributed by atoms with E-state index < -0.39 is 50.5 Å². The maximum Gasteiger partial charge on any atom is 0.347 e. The summed E-state index contributed by atoms with van der Waals surface area (Å²) in [6, 6.07) is 0. The number of rotatable bonds is 16. The number of cyclic esters (lactones) is 3. The Balaban J connectivity index is 0.000000320. The number of hydrogen-bond acceptors (Lipinski definition) is 19. The summed E-state index contributed by atoms with van der Waals surface area (Å²) in [5, 5.41) is 8.38. The summed E-state index contributed by atoms with van der Waals surface area (Å²) < 4.78 is 46.1. The van der Waals surface area contributed by atoms with Crippen LogP contribution >= 0.6 is 0 Å². The SMILES string of the molecule is CCC(C)(C)C(=O)OC1(C)CCC(=O)O1.CCC(C)(C)C(=O)OC1(C)CCOC(=O)C1.CCC(C)(C)C(=O)OC1C2CC3C(=O)OC1C3C2.CCC(C)(C)C(=O)OC1CCOC1=O.CCC(C)(C)C(=O)OCCO. The molecular weight excluding hydrogens is 965 g/mol. The highest BCUT2D eigenvalue weighted by atomic mass is 16.7. The number of carbonyl (C=O) groups is 9. The molecule has 4 aliphatic heterocycles. The average molecular weight is 1060 g/mol. The molecule has 0 radical (unpaired) electrons. The highest BCUT2D eigenvalue weighted by Gasteiger charge is 2.63. The first kappa shape index (κ1) is 65.3. The Morgan fingerprint density at radius 2 is 1.11 bits per heavy atom. The first-order chi connectivity index (χ1) is 34.0. The third kappa shape index (κ3) is 18.2. The molecule has 8 atom stereocenters. The van der Waals surface area contributed by atoms with Crippen LogP contribution in [0.15, 0.2) is 0 Å². The monoisotopic (exact) mass is 1050 g/mol. The van der Waals surface area contributed by atoms with Gasteiger partial charge in [0.05, 0.1) is 65.7 Å². The number of hydrogen-bond donors (Lipinski definition) is 1. The van der Waals surface area contributed by atoms with Gasteiger partial charge in [-0.15, -0.1) is 0 Å². The van der Waals surface area contributed by atoms with Gasteiger partial charge >= 0.3 is 53.7 Å². The predicted octanol–water partition coefficient (Wildman–Crippen LogP) is 8.24. The third-order valence-electron chi connectivity index (χ3n) is 15.5. The van der Waals surface area contributed by atoms with Crippen molar-refractivity contribution >= 4 is 53.7 Å². The van der Waals surface area contributed by atoms with E-state index in [9.17, 15) is 43.2 Å². The summed E-state index contributed by atoms with van der Waals surface area (Å²) >= 11 is 0. The molecule has 2 aliphatic carbocycles. The van der Waals surface area contributed by atoms with Crippen LogP contribution in [-0.2, 0) is 85.8 Å². The zero-order chi connectivity index (χ0) is 56.8. The van der Waals surface area contributed by atoms with Crippen molar-refractivity contribution in [2.45, 2.75) is 224 Å². The number of ether oxygens (including phenoxy) is 9. The molecule has 6 fully saturated rings. The van der Waals surface area contributed by atoms with Crippen LogP contribution in [-0.4, -0.2) is 115 Å². The second kappa shape index (κ2) is 26.8. The van der Waals surface area contributed by atoms with Crippen LogP contribution < -0.4 is 0 Å². The third-order valence-corrected chi connectivity index (χ3v) is 15.5. The summed E-state index contributed by atoms with van der Waals surface area (Å²) in [6.07, 6.45) is 6.31. The molecule has 6 aliphatic rings. The first-order valence-corrected chi connectivity index (χ1v) is 26.4. The van der Waals surface area contributed by atoms with Gasteiger partial charge in [0.15, 0.2) is 0 Å². The standard InChI is InChI=1S/C14H20O4.C12H20O4.C11H18O4.C10H16O4.C8H16O3/c1-4-14(2,3)13(16)18-10-7-5-8-9(6-7)12(15)17-11(8)10;1-5-11(2,3)10(14)16-12(4)6-7-15-9(13)8-12;1-5-10(2,3)9(13)15-11(4)7-6-8(12)14-11;1-4-10(2,3)9(12)14-7-5-6-13-8(7)11;1-4-8(2,3)7(10)11-6-5-9/h7-11H,4-6H2,1-3H3;5-8H2,1-4H3;5-7H2,1-4H3;7H,4-6H2,1-3H3;9H,4-6H2,1-3H3. The lowest BCUT2D eigenvalue weighted by atomic mass is 9.87.